The average Bonchev–Trinajstić information content (AvgIpc) is 2.36. The zero-order valence-corrected chi connectivity index (χ0v) is 12.1. The van der Waals surface area contributed by atoms with Crippen molar-refractivity contribution in [2.45, 2.75) is 26.0 Å². The minimum Gasteiger partial charge on any atom is -0.390 e. The van der Waals surface area contributed by atoms with Crippen LogP contribution in [0.1, 0.15) is 25.5 Å². The number of halogens is 1. The SMILES string of the molecule is CCNCC(O)CN(C)C(C)c1ccccc1Cl. The molecular formula is C14H23ClN2O. The van der Waals surface area contributed by atoms with Gasteiger partial charge in [-0.2, -0.15) is 0 Å². The first-order chi connectivity index (χ1) is 8.56. The van der Waals surface area contributed by atoms with E-state index in [1.165, 1.54) is 0 Å². The molecular weight excluding hydrogens is 248 g/mol. The van der Waals surface area contributed by atoms with Gasteiger partial charge in [0, 0.05) is 24.2 Å². The van der Waals surface area contributed by atoms with Crippen molar-refractivity contribution in [1.82, 2.24) is 10.2 Å². The van der Waals surface area contributed by atoms with Gasteiger partial charge in [0.05, 0.1) is 6.10 Å². The summed E-state index contributed by atoms with van der Waals surface area (Å²) in [5.74, 6) is 0. The summed E-state index contributed by atoms with van der Waals surface area (Å²) >= 11 is 6.18. The van der Waals surface area contributed by atoms with E-state index in [-0.39, 0.29) is 12.1 Å². The van der Waals surface area contributed by atoms with E-state index in [0.717, 1.165) is 17.1 Å². The molecule has 0 fully saturated rings. The summed E-state index contributed by atoms with van der Waals surface area (Å²) in [7, 11) is 2.00. The van der Waals surface area contributed by atoms with E-state index in [4.69, 9.17) is 11.6 Å². The fourth-order valence-electron chi connectivity index (χ4n) is 1.92. The van der Waals surface area contributed by atoms with Gasteiger partial charge in [-0.3, -0.25) is 4.90 Å². The molecule has 2 unspecified atom stereocenters. The number of nitrogens with zero attached hydrogens (tertiary/aromatic N) is 1. The Morgan fingerprint density at radius 2 is 2.06 bits per heavy atom. The van der Waals surface area contributed by atoms with Gasteiger partial charge in [0.1, 0.15) is 0 Å². The standard InChI is InChI=1S/C14H23ClN2O/c1-4-16-9-12(18)10-17(3)11(2)13-7-5-6-8-14(13)15/h5-8,11-12,16,18H,4,9-10H2,1-3H3. The number of aliphatic hydroxyl groups is 1. The third-order valence-corrected chi connectivity index (χ3v) is 3.49. The highest BCUT2D eigenvalue weighted by molar-refractivity contribution is 6.31. The van der Waals surface area contributed by atoms with E-state index in [2.05, 4.69) is 17.1 Å². The van der Waals surface area contributed by atoms with Gasteiger partial charge in [-0.15, -0.1) is 0 Å². The molecule has 18 heavy (non-hydrogen) atoms. The molecule has 4 heteroatoms. The smallest absolute Gasteiger partial charge is 0.0791 e. The lowest BCUT2D eigenvalue weighted by molar-refractivity contribution is 0.107. The Kier molecular flexibility index (Phi) is 6.65. The summed E-state index contributed by atoms with van der Waals surface area (Å²) < 4.78 is 0. The zero-order chi connectivity index (χ0) is 13.5. The molecule has 0 heterocycles. The van der Waals surface area contributed by atoms with E-state index in [0.29, 0.717) is 13.1 Å². The summed E-state index contributed by atoms with van der Waals surface area (Å²) in [5, 5.41) is 13.8. The van der Waals surface area contributed by atoms with Gasteiger partial charge >= 0.3 is 0 Å². The van der Waals surface area contributed by atoms with Gasteiger partial charge in [0.2, 0.25) is 0 Å². The quantitative estimate of drug-likeness (QED) is 0.798. The Labute approximate surface area is 115 Å². The van der Waals surface area contributed by atoms with Crippen LogP contribution < -0.4 is 5.32 Å². The summed E-state index contributed by atoms with van der Waals surface area (Å²) in [6, 6.07) is 8.03. The first-order valence-corrected chi connectivity index (χ1v) is 6.77. The summed E-state index contributed by atoms with van der Waals surface area (Å²) in [4.78, 5) is 2.11. The van der Waals surface area contributed by atoms with Crippen molar-refractivity contribution in [3.8, 4) is 0 Å². The molecule has 0 aromatic heterocycles. The molecule has 1 aromatic carbocycles. The van der Waals surface area contributed by atoms with Crippen LogP contribution >= 0.6 is 11.6 Å². The molecule has 2 N–H and O–H groups in total. The Bertz CT molecular complexity index is 359. The average molecular weight is 271 g/mol. The molecule has 0 saturated heterocycles. The van der Waals surface area contributed by atoms with E-state index in [1.54, 1.807) is 0 Å². The Hall–Kier alpha value is -0.610. The number of aliphatic hydroxyl groups excluding tert-OH is 1. The van der Waals surface area contributed by atoms with Crippen molar-refractivity contribution in [3.05, 3.63) is 34.9 Å². The van der Waals surface area contributed by atoms with Gasteiger partial charge in [0.15, 0.2) is 0 Å². The van der Waals surface area contributed by atoms with Crippen LogP contribution in [0.2, 0.25) is 5.02 Å². The van der Waals surface area contributed by atoms with E-state index >= 15 is 0 Å². The molecule has 102 valence electrons. The first-order valence-electron chi connectivity index (χ1n) is 6.39. The molecule has 0 aliphatic rings. The first kappa shape index (κ1) is 15.4. The molecule has 1 rings (SSSR count). The normalized spacial score (nSPS) is 14.8. The molecule has 0 radical (unpaired) electrons. The lowest BCUT2D eigenvalue weighted by Crippen LogP contribution is -2.37. The van der Waals surface area contributed by atoms with E-state index in [9.17, 15) is 5.11 Å². The van der Waals surface area contributed by atoms with Gasteiger partial charge in [0.25, 0.3) is 0 Å². The predicted molar refractivity (Wildman–Crippen MR) is 77.0 cm³/mol. The molecule has 3 nitrogen and oxygen atoms in total. The van der Waals surface area contributed by atoms with Crippen LogP contribution in [0, 0.1) is 0 Å². The largest absolute Gasteiger partial charge is 0.390 e. The molecule has 0 amide bonds. The van der Waals surface area contributed by atoms with Crippen molar-refractivity contribution in [3.63, 3.8) is 0 Å². The van der Waals surface area contributed by atoms with Crippen molar-refractivity contribution < 1.29 is 5.11 Å². The number of benzene rings is 1. The fraction of sp³-hybridized carbons (Fsp3) is 0.571. The molecule has 0 aliphatic heterocycles. The monoisotopic (exact) mass is 270 g/mol. The maximum Gasteiger partial charge on any atom is 0.0791 e. The minimum absolute atomic E-state index is 0.190. The Morgan fingerprint density at radius 1 is 1.39 bits per heavy atom. The second-order valence-corrected chi connectivity index (χ2v) is 5.01. The molecule has 0 aliphatic carbocycles. The fourth-order valence-corrected chi connectivity index (χ4v) is 2.21. The van der Waals surface area contributed by atoms with Gasteiger partial charge in [-0.1, -0.05) is 36.7 Å². The topological polar surface area (TPSA) is 35.5 Å². The molecule has 0 saturated carbocycles. The highest BCUT2D eigenvalue weighted by atomic mass is 35.5. The second-order valence-electron chi connectivity index (χ2n) is 4.60. The highest BCUT2D eigenvalue weighted by Crippen LogP contribution is 2.26. The second kappa shape index (κ2) is 7.74. The molecule has 0 spiro atoms. The van der Waals surface area contributed by atoms with Gasteiger partial charge in [-0.25, -0.2) is 0 Å². The Morgan fingerprint density at radius 3 is 2.67 bits per heavy atom. The summed E-state index contributed by atoms with van der Waals surface area (Å²) in [6.07, 6.45) is -0.361. The summed E-state index contributed by atoms with van der Waals surface area (Å²) in [5.41, 5.74) is 1.09. The van der Waals surface area contributed by atoms with E-state index < -0.39 is 0 Å². The number of hydrogen-bond acceptors (Lipinski definition) is 3. The van der Waals surface area contributed by atoms with Gasteiger partial charge < -0.3 is 10.4 Å². The number of hydrogen-bond donors (Lipinski definition) is 2. The minimum atomic E-state index is -0.361. The van der Waals surface area contributed by atoms with E-state index in [1.807, 2.05) is 38.2 Å². The Balaban J connectivity index is 2.56. The van der Waals surface area contributed by atoms with Crippen molar-refractivity contribution in [2.75, 3.05) is 26.7 Å². The lowest BCUT2D eigenvalue weighted by atomic mass is 10.1. The van der Waals surface area contributed by atoms with Crippen molar-refractivity contribution in [1.29, 1.82) is 0 Å². The maximum atomic E-state index is 9.88. The summed E-state index contributed by atoms with van der Waals surface area (Å²) in [6.45, 7) is 6.25. The van der Waals surface area contributed by atoms with Crippen LogP contribution in [0.15, 0.2) is 24.3 Å². The van der Waals surface area contributed by atoms with Crippen molar-refractivity contribution in [2.24, 2.45) is 0 Å². The molecule has 1 aromatic rings. The van der Waals surface area contributed by atoms with Crippen LogP contribution in [-0.2, 0) is 0 Å². The predicted octanol–water partition coefficient (Wildman–Crippen LogP) is 2.30. The van der Waals surface area contributed by atoms with Crippen LogP contribution in [-0.4, -0.2) is 42.8 Å². The van der Waals surface area contributed by atoms with Gasteiger partial charge in [-0.05, 0) is 32.1 Å². The maximum absolute atomic E-state index is 9.88. The third-order valence-electron chi connectivity index (χ3n) is 3.15. The number of nitrogens with one attached hydrogen (secondary N) is 1. The molecule has 2 atom stereocenters. The zero-order valence-electron chi connectivity index (χ0n) is 11.4. The van der Waals surface area contributed by atoms with Crippen LogP contribution in [0.25, 0.3) is 0 Å². The van der Waals surface area contributed by atoms with Crippen LogP contribution in [0.4, 0.5) is 0 Å². The lowest BCUT2D eigenvalue weighted by Gasteiger charge is -2.28. The van der Waals surface area contributed by atoms with Crippen LogP contribution in [0.5, 0.6) is 0 Å². The molecule has 0 bridgehead atoms. The van der Waals surface area contributed by atoms with Crippen LogP contribution in [0.3, 0.4) is 0 Å². The number of rotatable bonds is 7. The van der Waals surface area contributed by atoms with Crippen molar-refractivity contribution >= 4 is 11.6 Å². The number of likely N-dealkylation sites (N-methyl/N-ethyl adjacent to an activating group) is 2. The highest BCUT2D eigenvalue weighted by Gasteiger charge is 2.16. The third kappa shape index (κ3) is 4.58.